The van der Waals surface area contributed by atoms with Crippen molar-refractivity contribution in [2.45, 2.75) is 78.6 Å². The van der Waals surface area contributed by atoms with Crippen LogP contribution in [-0.2, 0) is 0 Å². The molecule has 0 unspecified atom stereocenters. The van der Waals surface area contributed by atoms with Crippen LogP contribution in [0.15, 0.2) is 0 Å². The summed E-state index contributed by atoms with van der Waals surface area (Å²) in [6.45, 7) is 6.97. The highest BCUT2D eigenvalue weighted by Crippen LogP contribution is 2.60. The van der Waals surface area contributed by atoms with Gasteiger partial charge in [0.2, 0.25) is 0 Å². The quantitative estimate of drug-likeness (QED) is 0.399. The lowest BCUT2D eigenvalue weighted by molar-refractivity contribution is -0.0173. The van der Waals surface area contributed by atoms with Crippen LogP contribution in [0.4, 0.5) is 0 Å². The van der Waals surface area contributed by atoms with E-state index in [0.717, 1.165) is 17.3 Å². The van der Waals surface area contributed by atoms with Gasteiger partial charge in [-0.25, -0.2) is 0 Å². The third-order valence-corrected chi connectivity index (χ3v) is 7.61. The first kappa shape index (κ1) is 20.1. The molecule has 0 spiro atoms. The smallest absolute Gasteiger partial charge is 0.00407 e. The van der Waals surface area contributed by atoms with Crippen molar-refractivity contribution in [1.29, 1.82) is 0 Å². The van der Waals surface area contributed by atoms with Crippen molar-refractivity contribution in [2.75, 3.05) is 17.3 Å². The molecule has 0 aromatic carbocycles. The molecule has 0 N–H and O–H groups in total. The van der Waals surface area contributed by atoms with Gasteiger partial charge in [0.25, 0.3) is 0 Å². The maximum Gasteiger partial charge on any atom is -0.00407 e. The molecule has 0 bridgehead atoms. The second kappa shape index (κ2) is 8.78. The van der Waals surface area contributed by atoms with Crippen LogP contribution in [0.5, 0.6) is 0 Å². The number of hydrogen-bond donors (Lipinski definition) is 3. The Bertz CT molecular complexity index is 247. The van der Waals surface area contributed by atoms with Gasteiger partial charge in [-0.2, -0.15) is 37.9 Å². The first-order chi connectivity index (χ1) is 9.99. The number of rotatable bonds is 9. The Labute approximate surface area is 149 Å². The van der Waals surface area contributed by atoms with E-state index in [9.17, 15) is 0 Å². The van der Waals surface area contributed by atoms with Crippen LogP contribution in [0.3, 0.4) is 0 Å². The second-order valence-electron chi connectivity index (χ2n) is 7.75. The van der Waals surface area contributed by atoms with Crippen LogP contribution in [0.25, 0.3) is 0 Å². The minimum Gasteiger partial charge on any atom is -0.179 e. The Balaban J connectivity index is 3.18. The molecule has 21 heavy (non-hydrogen) atoms. The van der Waals surface area contributed by atoms with E-state index in [1.165, 1.54) is 57.8 Å². The topological polar surface area (TPSA) is 0 Å². The minimum atomic E-state index is 0.409. The summed E-state index contributed by atoms with van der Waals surface area (Å²) >= 11 is 14.4. The molecular formula is C18H36S3. The van der Waals surface area contributed by atoms with Crippen LogP contribution in [-0.4, -0.2) is 17.3 Å². The van der Waals surface area contributed by atoms with E-state index in [1.54, 1.807) is 0 Å². The van der Waals surface area contributed by atoms with E-state index in [2.05, 4.69) is 20.8 Å². The highest BCUT2D eigenvalue weighted by Gasteiger charge is 2.51. The molecule has 0 nitrogen and oxygen atoms in total. The van der Waals surface area contributed by atoms with E-state index in [0.29, 0.717) is 16.2 Å². The van der Waals surface area contributed by atoms with Gasteiger partial charge in [0.1, 0.15) is 0 Å². The summed E-state index contributed by atoms with van der Waals surface area (Å²) in [5.41, 5.74) is 1.23. The molecule has 0 aliphatic heterocycles. The normalized spacial score (nSPS) is 36.9. The summed E-state index contributed by atoms with van der Waals surface area (Å²) in [6.07, 6.45) is 11.7. The summed E-state index contributed by atoms with van der Waals surface area (Å²) < 4.78 is 0. The average Bonchev–Trinajstić information content (AvgIpc) is 2.48. The van der Waals surface area contributed by atoms with E-state index in [1.807, 2.05) is 0 Å². The molecule has 1 fully saturated rings. The maximum atomic E-state index is 4.80. The molecule has 1 saturated carbocycles. The molecule has 3 heteroatoms. The predicted molar refractivity (Wildman–Crippen MR) is 107 cm³/mol. The van der Waals surface area contributed by atoms with E-state index < -0.39 is 0 Å². The van der Waals surface area contributed by atoms with Gasteiger partial charge in [-0.05, 0) is 72.0 Å². The van der Waals surface area contributed by atoms with Gasteiger partial charge < -0.3 is 0 Å². The van der Waals surface area contributed by atoms with Crippen LogP contribution >= 0.6 is 37.9 Å². The Morgan fingerprint density at radius 3 is 0.952 bits per heavy atom. The Kier molecular flexibility index (Phi) is 8.40. The van der Waals surface area contributed by atoms with Crippen molar-refractivity contribution in [3.05, 3.63) is 0 Å². The van der Waals surface area contributed by atoms with Gasteiger partial charge in [0.05, 0.1) is 0 Å². The largest absolute Gasteiger partial charge is 0.179 e. The maximum absolute atomic E-state index is 4.80. The molecule has 1 rings (SSSR count). The van der Waals surface area contributed by atoms with Gasteiger partial charge in [-0.1, -0.05) is 40.0 Å². The molecule has 1 aliphatic rings. The van der Waals surface area contributed by atoms with Gasteiger partial charge in [-0.3, -0.25) is 0 Å². The first-order valence-electron chi connectivity index (χ1n) is 8.81. The van der Waals surface area contributed by atoms with Crippen molar-refractivity contribution < 1.29 is 0 Å². The lowest BCUT2D eigenvalue weighted by Gasteiger charge is -2.56. The summed E-state index contributed by atoms with van der Waals surface area (Å²) in [6, 6.07) is 0. The third-order valence-electron chi connectivity index (χ3n) is 5.60. The Morgan fingerprint density at radius 1 is 0.571 bits per heavy atom. The lowest BCUT2D eigenvalue weighted by atomic mass is 9.51. The Hall–Kier alpha value is 1.05. The SMILES string of the molecule is CCCC1(CS)CC(CS)(CCC)CC(CS)(CCC)C1. The van der Waals surface area contributed by atoms with E-state index >= 15 is 0 Å². The third kappa shape index (κ3) is 4.76. The van der Waals surface area contributed by atoms with Crippen molar-refractivity contribution in [2.24, 2.45) is 16.2 Å². The molecule has 0 aromatic heterocycles. The summed E-state index contributed by atoms with van der Waals surface area (Å²) in [5.74, 6) is 3.08. The van der Waals surface area contributed by atoms with Crippen molar-refractivity contribution in [3.63, 3.8) is 0 Å². The monoisotopic (exact) mass is 348 g/mol. The second-order valence-corrected chi connectivity index (χ2v) is 8.70. The molecule has 0 radical (unpaired) electrons. The molecule has 0 atom stereocenters. The standard InChI is InChI=1S/C18H36S3/c1-4-7-16(13-19)10-17(14-20,8-5-2)12-18(11-16,15-21)9-6-3/h19-21H,4-15H2,1-3H3. The molecule has 126 valence electrons. The number of hydrogen-bond acceptors (Lipinski definition) is 3. The van der Waals surface area contributed by atoms with Crippen LogP contribution in [0.1, 0.15) is 78.6 Å². The van der Waals surface area contributed by atoms with Crippen LogP contribution in [0.2, 0.25) is 0 Å². The number of thiol groups is 3. The molecule has 0 saturated heterocycles. The van der Waals surface area contributed by atoms with Gasteiger partial charge >= 0.3 is 0 Å². The van der Waals surface area contributed by atoms with E-state index in [4.69, 9.17) is 37.9 Å². The van der Waals surface area contributed by atoms with Crippen molar-refractivity contribution >= 4 is 37.9 Å². The minimum absolute atomic E-state index is 0.409. The zero-order chi connectivity index (χ0) is 16.0. The average molecular weight is 349 g/mol. The summed E-state index contributed by atoms with van der Waals surface area (Å²) in [5, 5.41) is 0. The van der Waals surface area contributed by atoms with Gasteiger partial charge in [-0.15, -0.1) is 0 Å². The first-order valence-corrected chi connectivity index (χ1v) is 10.7. The Morgan fingerprint density at radius 2 is 0.810 bits per heavy atom. The summed E-state index contributed by atoms with van der Waals surface area (Å²) in [7, 11) is 0. The highest BCUT2D eigenvalue weighted by atomic mass is 32.1. The lowest BCUT2D eigenvalue weighted by Crippen LogP contribution is -2.49. The van der Waals surface area contributed by atoms with Crippen molar-refractivity contribution in [1.82, 2.24) is 0 Å². The highest BCUT2D eigenvalue weighted by molar-refractivity contribution is 7.80. The fourth-order valence-corrected chi connectivity index (χ4v) is 6.41. The van der Waals surface area contributed by atoms with Gasteiger partial charge in [0.15, 0.2) is 0 Å². The van der Waals surface area contributed by atoms with E-state index in [-0.39, 0.29) is 0 Å². The fourth-order valence-electron chi connectivity index (χ4n) is 5.27. The molecule has 1 aliphatic carbocycles. The van der Waals surface area contributed by atoms with Gasteiger partial charge in [0, 0.05) is 0 Å². The molecule has 0 heterocycles. The van der Waals surface area contributed by atoms with Crippen LogP contribution < -0.4 is 0 Å². The molecule has 0 aromatic rings. The molecule has 0 amide bonds. The zero-order valence-electron chi connectivity index (χ0n) is 14.3. The van der Waals surface area contributed by atoms with Crippen molar-refractivity contribution in [3.8, 4) is 0 Å². The fraction of sp³-hybridized carbons (Fsp3) is 1.00. The predicted octanol–water partition coefficient (Wildman–Crippen LogP) is 6.32. The molecular weight excluding hydrogens is 312 g/mol. The van der Waals surface area contributed by atoms with Crippen LogP contribution in [0, 0.1) is 16.2 Å². The zero-order valence-corrected chi connectivity index (χ0v) is 17.0. The summed E-state index contributed by atoms with van der Waals surface area (Å²) in [4.78, 5) is 0.